The highest BCUT2D eigenvalue weighted by Crippen LogP contribution is 2.31. The van der Waals surface area contributed by atoms with Crippen molar-refractivity contribution in [3.8, 4) is 5.75 Å². The molecule has 0 bridgehead atoms. The van der Waals surface area contributed by atoms with Crippen molar-refractivity contribution < 1.29 is 9.53 Å². The van der Waals surface area contributed by atoms with Gasteiger partial charge < -0.3 is 15.0 Å². The molecule has 0 spiro atoms. The number of hydrogen-bond acceptors (Lipinski definition) is 5. The molecule has 0 aliphatic rings. The zero-order valence-corrected chi connectivity index (χ0v) is 19.9. The Morgan fingerprint density at radius 1 is 1.11 bits per heavy atom. The van der Waals surface area contributed by atoms with Gasteiger partial charge in [0.1, 0.15) is 11.4 Å². The Hall–Kier alpha value is -4.66. The normalized spacial score (nSPS) is 12.1. The highest BCUT2D eigenvalue weighted by Gasteiger charge is 2.20. The van der Waals surface area contributed by atoms with Crippen LogP contribution in [-0.4, -0.2) is 39.1 Å². The zero-order chi connectivity index (χ0) is 25.2. The Balaban J connectivity index is 1.47. The van der Waals surface area contributed by atoms with Gasteiger partial charge in [-0.15, -0.1) is 0 Å². The van der Waals surface area contributed by atoms with Crippen LogP contribution in [0.1, 0.15) is 34.3 Å². The van der Waals surface area contributed by atoms with Gasteiger partial charge in [0, 0.05) is 42.3 Å². The average molecular weight is 484 g/mol. The van der Waals surface area contributed by atoms with Gasteiger partial charge in [0.2, 0.25) is 0 Å². The van der Waals surface area contributed by atoms with Crippen LogP contribution in [0.4, 0.5) is 0 Å². The summed E-state index contributed by atoms with van der Waals surface area (Å²) in [5.41, 5.74) is 2.46. The fourth-order valence-corrected chi connectivity index (χ4v) is 4.51. The molecule has 1 unspecified atom stereocenters. The maximum Gasteiger partial charge on any atom is 0.329 e. The monoisotopic (exact) mass is 483 g/mol. The number of nitrogens with zero attached hydrogens (tertiary/aromatic N) is 2. The average Bonchev–Trinajstić information content (AvgIpc) is 3.33. The van der Waals surface area contributed by atoms with Crippen molar-refractivity contribution in [2.75, 3.05) is 13.7 Å². The number of rotatable bonds is 7. The second-order valence-corrected chi connectivity index (χ2v) is 8.42. The van der Waals surface area contributed by atoms with E-state index in [4.69, 9.17) is 4.74 Å². The molecule has 2 aromatic carbocycles. The number of nitrogens with one attached hydrogen (secondary N) is 3. The standard InChI is InChI=1S/C27H25N5O4/c1-3-32-24-20(26(34)31-27(32)35)12-17(13-29-24)25(33)30-14-21(16-8-10-18(36-2)11-9-16)22-15-28-23-7-5-4-6-19(22)23/h4-13,15,21,28H,3,14H2,1-2H3,(H,30,33)(H,31,34,35). The third kappa shape index (κ3) is 4.15. The van der Waals surface area contributed by atoms with Gasteiger partial charge in [0.05, 0.1) is 18.1 Å². The number of amides is 1. The number of carbonyl (C=O) groups excluding carboxylic acids is 1. The van der Waals surface area contributed by atoms with Crippen molar-refractivity contribution >= 4 is 27.8 Å². The molecule has 0 fully saturated rings. The van der Waals surface area contributed by atoms with Crippen molar-refractivity contribution in [3.05, 3.63) is 105 Å². The molecule has 0 saturated carbocycles. The molecule has 3 N–H and O–H groups in total. The number of methoxy groups -OCH3 is 1. The second-order valence-electron chi connectivity index (χ2n) is 8.42. The highest BCUT2D eigenvalue weighted by atomic mass is 16.5. The molecule has 1 atom stereocenters. The molecule has 5 rings (SSSR count). The molecule has 5 aromatic rings. The smallest absolute Gasteiger partial charge is 0.329 e. The summed E-state index contributed by atoms with van der Waals surface area (Å²) < 4.78 is 6.66. The number of aryl methyl sites for hydroxylation is 1. The van der Waals surface area contributed by atoms with E-state index in [0.717, 1.165) is 27.8 Å². The molecule has 0 radical (unpaired) electrons. The van der Waals surface area contributed by atoms with Crippen LogP contribution in [0.5, 0.6) is 5.75 Å². The van der Waals surface area contributed by atoms with Crippen LogP contribution in [0, 0.1) is 0 Å². The van der Waals surface area contributed by atoms with Crippen LogP contribution in [0.2, 0.25) is 0 Å². The van der Waals surface area contributed by atoms with Crippen LogP contribution < -0.4 is 21.3 Å². The third-order valence-corrected chi connectivity index (χ3v) is 6.39. The van der Waals surface area contributed by atoms with E-state index in [-0.39, 0.29) is 28.4 Å². The quantitative estimate of drug-likeness (QED) is 0.328. The topological polar surface area (TPSA) is 122 Å². The summed E-state index contributed by atoms with van der Waals surface area (Å²) in [4.78, 5) is 47.4. The summed E-state index contributed by atoms with van der Waals surface area (Å²) in [5, 5.41) is 4.26. The summed E-state index contributed by atoms with van der Waals surface area (Å²) in [6.07, 6.45) is 3.35. The maximum absolute atomic E-state index is 13.1. The van der Waals surface area contributed by atoms with E-state index < -0.39 is 11.2 Å². The third-order valence-electron chi connectivity index (χ3n) is 6.39. The van der Waals surface area contributed by atoms with Gasteiger partial charge in [0.25, 0.3) is 11.5 Å². The Morgan fingerprint density at radius 2 is 1.89 bits per heavy atom. The molecule has 182 valence electrons. The number of hydrogen-bond donors (Lipinski definition) is 3. The van der Waals surface area contributed by atoms with Gasteiger partial charge in [-0.1, -0.05) is 30.3 Å². The molecule has 0 aliphatic carbocycles. The van der Waals surface area contributed by atoms with Crippen LogP contribution in [0.3, 0.4) is 0 Å². The molecule has 0 aliphatic heterocycles. The van der Waals surface area contributed by atoms with Crippen LogP contribution in [0.15, 0.2) is 76.6 Å². The summed E-state index contributed by atoms with van der Waals surface area (Å²) in [6, 6.07) is 17.2. The molecule has 36 heavy (non-hydrogen) atoms. The molecule has 1 amide bonds. The van der Waals surface area contributed by atoms with E-state index in [2.05, 4.69) is 20.3 Å². The Bertz CT molecular complexity index is 1680. The predicted octanol–water partition coefficient (Wildman–Crippen LogP) is 3.16. The lowest BCUT2D eigenvalue weighted by Crippen LogP contribution is -2.32. The highest BCUT2D eigenvalue weighted by molar-refractivity contribution is 5.96. The van der Waals surface area contributed by atoms with E-state index in [1.807, 2.05) is 54.7 Å². The Labute approximate surface area is 205 Å². The number of para-hydroxylation sites is 1. The number of ether oxygens (including phenoxy) is 1. The van der Waals surface area contributed by atoms with Gasteiger partial charge in [-0.3, -0.25) is 19.1 Å². The largest absolute Gasteiger partial charge is 0.497 e. The van der Waals surface area contributed by atoms with Gasteiger partial charge in [-0.05, 0) is 42.3 Å². The van der Waals surface area contributed by atoms with Crippen molar-refractivity contribution in [1.82, 2.24) is 24.8 Å². The number of fused-ring (bicyclic) bond motifs is 2. The Kier molecular flexibility index (Phi) is 6.12. The zero-order valence-electron chi connectivity index (χ0n) is 19.9. The number of aromatic amines is 2. The molecule has 3 heterocycles. The van der Waals surface area contributed by atoms with Crippen molar-refractivity contribution in [2.24, 2.45) is 0 Å². The second kappa shape index (κ2) is 9.53. The van der Waals surface area contributed by atoms with E-state index >= 15 is 0 Å². The maximum atomic E-state index is 13.1. The molecule has 9 heteroatoms. The molecule has 9 nitrogen and oxygen atoms in total. The Morgan fingerprint density at radius 3 is 2.64 bits per heavy atom. The SMILES string of the molecule is CCn1c(=O)[nH]c(=O)c2cc(C(=O)NCC(c3ccc(OC)cc3)c3c[nH]c4ccccc34)cnc21. The van der Waals surface area contributed by atoms with Gasteiger partial charge in [-0.25, -0.2) is 9.78 Å². The lowest BCUT2D eigenvalue weighted by atomic mass is 9.90. The minimum atomic E-state index is -0.572. The van der Waals surface area contributed by atoms with Crippen LogP contribution >= 0.6 is 0 Å². The lowest BCUT2D eigenvalue weighted by molar-refractivity contribution is 0.0952. The first kappa shape index (κ1) is 23.1. The molecular formula is C27H25N5O4. The first-order valence-electron chi connectivity index (χ1n) is 11.6. The molecular weight excluding hydrogens is 458 g/mol. The number of carbonyl (C=O) groups is 1. The van der Waals surface area contributed by atoms with E-state index in [1.54, 1.807) is 14.0 Å². The van der Waals surface area contributed by atoms with Crippen molar-refractivity contribution in [3.63, 3.8) is 0 Å². The van der Waals surface area contributed by atoms with E-state index in [0.29, 0.717) is 13.1 Å². The number of aromatic nitrogens is 4. The van der Waals surface area contributed by atoms with Crippen LogP contribution in [0.25, 0.3) is 21.9 Å². The minimum Gasteiger partial charge on any atom is -0.497 e. The van der Waals surface area contributed by atoms with E-state index in [9.17, 15) is 14.4 Å². The summed E-state index contributed by atoms with van der Waals surface area (Å²) in [6.45, 7) is 2.44. The number of benzene rings is 2. The number of pyridine rings is 1. The summed E-state index contributed by atoms with van der Waals surface area (Å²) >= 11 is 0. The fourth-order valence-electron chi connectivity index (χ4n) is 4.51. The van der Waals surface area contributed by atoms with Gasteiger partial charge in [-0.2, -0.15) is 0 Å². The van der Waals surface area contributed by atoms with Crippen LogP contribution in [-0.2, 0) is 6.54 Å². The first-order valence-corrected chi connectivity index (χ1v) is 11.6. The predicted molar refractivity (Wildman–Crippen MR) is 138 cm³/mol. The van der Waals surface area contributed by atoms with Gasteiger partial charge in [0.15, 0.2) is 0 Å². The first-order chi connectivity index (χ1) is 17.5. The summed E-state index contributed by atoms with van der Waals surface area (Å²) in [5.74, 6) is 0.243. The summed E-state index contributed by atoms with van der Waals surface area (Å²) in [7, 11) is 1.62. The van der Waals surface area contributed by atoms with Crippen molar-refractivity contribution in [1.29, 1.82) is 0 Å². The number of H-pyrrole nitrogens is 2. The minimum absolute atomic E-state index is 0.141. The lowest BCUT2D eigenvalue weighted by Gasteiger charge is -2.19. The van der Waals surface area contributed by atoms with Gasteiger partial charge >= 0.3 is 5.69 Å². The fraction of sp³-hybridized carbons (Fsp3) is 0.185. The van der Waals surface area contributed by atoms with E-state index in [1.165, 1.54) is 16.8 Å². The molecule has 0 saturated heterocycles. The van der Waals surface area contributed by atoms with Crippen molar-refractivity contribution in [2.45, 2.75) is 19.4 Å². The molecule has 3 aromatic heterocycles.